The number of nitrogens with one attached hydrogen (secondary N) is 3. The van der Waals surface area contributed by atoms with E-state index in [1.807, 2.05) is 30.3 Å². The van der Waals surface area contributed by atoms with Gasteiger partial charge >= 0.3 is 5.97 Å². The Hall–Kier alpha value is -4.59. The first-order valence-electron chi connectivity index (χ1n) is 12.6. The van der Waals surface area contributed by atoms with Gasteiger partial charge in [-0.15, -0.1) is 0 Å². The third-order valence-corrected chi connectivity index (χ3v) is 6.62. The van der Waals surface area contributed by atoms with Crippen molar-refractivity contribution in [1.29, 1.82) is 0 Å². The van der Waals surface area contributed by atoms with Gasteiger partial charge in [-0.25, -0.2) is 19.7 Å². The van der Waals surface area contributed by atoms with Gasteiger partial charge in [0.05, 0.1) is 18.6 Å². The number of hydrogen-bond acceptors (Lipinski definition) is 10. The van der Waals surface area contributed by atoms with Crippen molar-refractivity contribution in [2.24, 2.45) is 0 Å². The number of benzene rings is 2. The number of carboxylic acids is 1. The average Bonchev–Trinajstić information content (AvgIpc) is 3.60. The fraction of sp³-hybridized carbons (Fsp3) is 0.296. The fourth-order valence-corrected chi connectivity index (χ4v) is 4.91. The summed E-state index contributed by atoms with van der Waals surface area (Å²) in [6, 6.07) is 15.7. The van der Waals surface area contributed by atoms with E-state index in [9.17, 15) is 14.7 Å². The number of fused-ring (bicyclic) bond motifs is 2. The number of rotatable bonds is 8. The number of aromatic nitrogens is 4. The number of anilines is 3. The minimum Gasteiger partial charge on any atom is -0.478 e. The highest BCUT2D eigenvalue weighted by Gasteiger charge is 2.58. The Kier molecular flexibility index (Phi) is 6.54. The standard InChI is InChI=1S/C27H27N7O6/c1-27(2)39-19-20(24(35)33-17-10-6-7-15(11-17)26(36)37)38-25(21(19)40-27)34-14-32-18-22(30-13-31-23(18)34)29-12-28-16-8-4-3-5-9-16/h3-11,13-14,19-21,25,28H,12H2,1-2H3,(H,33,35)(H,36,37)(H,29,30,31). The summed E-state index contributed by atoms with van der Waals surface area (Å²) in [5.74, 6) is -2.02. The SMILES string of the molecule is CC1(C)OC2C(C(=O)Nc3cccc(C(=O)O)c3)OC(n3cnc4c(NCNc5ccccc5)ncnc43)C2O1. The predicted octanol–water partition coefficient (Wildman–Crippen LogP) is 3.06. The molecule has 4 heterocycles. The molecule has 2 aromatic carbocycles. The molecule has 2 saturated heterocycles. The molecule has 4 unspecified atom stereocenters. The number of para-hydroxylation sites is 1. The van der Waals surface area contributed by atoms with Gasteiger partial charge in [0.1, 0.15) is 18.5 Å². The van der Waals surface area contributed by atoms with Crippen molar-refractivity contribution >= 4 is 40.2 Å². The van der Waals surface area contributed by atoms with Crippen molar-refractivity contribution in [1.82, 2.24) is 19.5 Å². The van der Waals surface area contributed by atoms with Crippen LogP contribution in [0.3, 0.4) is 0 Å². The van der Waals surface area contributed by atoms with Gasteiger partial charge in [-0.3, -0.25) is 9.36 Å². The first kappa shape index (κ1) is 25.7. The first-order chi connectivity index (χ1) is 19.3. The third kappa shape index (κ3) is 4.93. The van der Waals surface area contributed by atoms with Crippen LogP contribution >= 0.6 is 0 Å². The normalized spacial score (nSPS) is 23.1. The molecule has 4 aromatic rings. The van der Waals surface area contributed by atoms with E-state index in [0.29, 0.717) is 29.3 Å². The van der Waals surface area contributed by atoms with Crippen LogP contribution in [0.25, 0.3) is 11.2 Å². The molecule has 6 rings (SSSR count). The maximum absolute atomic E-state index is 13.3. The number of imidazole rings is 1. The number of aromatic carboxylic acids is 1. The molecule has 0 aliphatic carbocycles. The van der Waals surface area contributed by atoms with Crippen LogP contribution in [0.15, 0.2) is 67.3 Å². The molecule has 2 aliphatic heterocycles. The lowest BCUT2D eigenvalue weighted by Gasteiger charge is -2.24. The van der Waals surface area contributed by atoms with E-state index in [-0.39, 0.29) is 5.56 Å². The largest absolute Gasteiger partial charge is 0.478 e. The first-order valence-corrected chi connectivity index (χ1v) is 12.6. The zero-order valence-corrected chi connectivity index (χ0v) is 21.6. The van der Waals surface area contributed by atoms with Crippen LogP contribution in [0.4, 0.5) is 17.2 Å². The van der Waals surface area contributed by atoms with Crippen molar-refractivity contribution < 1.29 is 28.9 Å². The summed E-state index contributed by atoms with van der Waals surface area (Å²) in [4.78, 5) is 38.0. The van der Waals surface area contributed by atoms with Crippen LogP contribution in [0, 0.1) is 0 Å². The molecule has 13 heteroatoms. The molecular formula is C27H27N7O6. The number of carbonyl (C=O) groups excluding carboxylic acids is 1. The molecule has 0 spiro atoms. The fourth-order valence-electron chi connectivity index (χ4n) is 4.91. The number of carboxylic acid groups (broad SMARTS) is 1. The minimum absolute atomic E-state index is 0.0513. The highest BCUT2D eigenvalue weighted by molar-refractivity contribution is 5.96. The number of hydrogen-bond donors (Lipinski definition) is 4. The minimum atomic E-state index is -1.10. The molecule has 2 fully saturated rings. The smallest absolute Gasteiger partial charge is 0.335 e. The Balaban J connectivity index is 1.24. The van der Waals surface area contributed by atoms with Crippen molar-refractivity contribution in [3.63, 3.8) is 0 Å². The summed E-state index contributed by atoms with van der Waals surface area (Å²) in [6.45, 7) is 3.94. The van der Waals surface area contributed by atoms with Gasteiger partial charge in [-0.1, -0.05) is 24.3 Å². The zero-order valence-electron chi connectivity index (χ0n) is 21.6. The lowest BCUT2D eigenvalue weighted by atomic mass is 10.1. The number of carbonyl (C=O) groups is 2. The molecule has 0 saturated carbocycles. The Morgan fingerprint density at radius 3 is 2.55 bits per heavy atom. The summed E-state index contributed by atoms with van der Waals surface area (Å²) < 4.78 is 20.2. The second-order valence-electron chi connectivity index (χ2n) is 9.83. The monoisotopic (exact) mass is 545 g/mol. The summed E-state index contributed by atoms with van der Waals surface area (Å²) >= 11 is 0. The quantitative estimate of drug-likeness (QED) is 0.241. The van der Waals surface area contributed by atoms with Crippen molar-refractivity contribution in [2.75, 3.05) is 22.6 Å². The van der Waals surface area contributed by atoms with E-state index in [0.717, 1.165) is 5.69 Å². The Morgan fingerprint density at radius 1 is 0.975 bits per heavy atom. The average molecular weight is 546 g/mol. The Morgan fingerprint density at radius 2 is 1.75 bits per heavy atom. The third-order valence-electron chi connectivity index (χ3n) is 6.62. The molecule has 0 bridgehead atoms. The topological polar surface area (TPSA) is 162 Å². The summed E-state index contributed by atoms with van der Waals surface area (Å²) in [5, 5.41) is 18.5. The molecule has 4 N–H and O–H groups in total. The molecule has 13 nitrogen and oxygen atoms in total. The van der Waals surface area contributed by atoms with E-state index in [1.54, 1.807) is 36.9 Å². The highest BCUT2D eigenvalue weighted by atomic mass is 16.8. The second kappa shape index (κ2) is 10.2. The molecule has 4 atom stereocenters. The van der Waals surface area contributed by atoms with Crippen LogP contribution in [-0.2, 0) is 19.0 Å². The van der Waals surface area contributed by atoms with Gasteiger partial charge in [0.15, 0.2) is 35.1 Å². The zero-order chi connectivity index (χ0) is 27.9. The predicted molar refractivity (Wildman–Crippen MR) is 144 cm³/mol. The van der Waals surface area contributed by atoms with Crippen molar-refractivity contribution in [2.45, 2.75) is 44.2 Å². The highest BCUT2D eigenvalue weighted by Crippen LogP contribution is 2.44. The second-order valence-corrected chi connectivity index (χ2v) is 9.83. The summed E-state index contributed by atoms with van der Waals surface area (Å²) in [7, 11) is 0. The van der Waals surface area contributed by atoms with Crippen LogP contribution in [0.5, 0.6) is 0 Å². The van der Waals surface area contributed by atoms with Crippen LogP contribution < -0.4 is 16.0 Å². The van der Waals surface area contributed by atoms with E-state index < -0.39 is 42.2 Å². The molecule has 2 aromatic heterocycles. The molecule has 206 valence electrons. The Labute approximate surface area is 228 Å². The molecule has 40 heavy (non-hydrogen) atoms. The van der Waals surface area contributed by atoms with Gasteiger partial charge < -0.3 is 35.3 Å². The van der Waals surface area contributed by atoms with Gasteiger partial charge in [-0.2, -0.15) is 0 Å². The van der Waals surface area contributed by atoms with Crippen LogP contribution in [0.1, 0.15) is 30.4 Å². The van der Waals surface area contributed by atoms with Crippen LogP contribution in [-0.4, -0.2) is 67.3 Å². The Bertz CT molecular complexity index is 1560. The molecule has 2 aliphatic rings. The lowest BCUT2D eigenvalue weighted by Crippen LogP contribution is -2.39. The number of ether oxygens (including phenoxy) is 3. The summed E-state index contributed by atoms with van der Waals surface area (Å²) in [5.41, 5.74) is 2.34. The van der Waals surface area contributed by atoms with E-state index in [1.165, 1.54) is 18.5 Å². The van der Waals surface area contributed by atoms with Gasteiger partial charge in [0.2, 0.25) is 0 Å². The maximum atomic E-state index is 13.3. The van der Waals surface area contributed by atoms with E-state index >= 15 is 0 Å². The maximum Gasteiger partial charge on any atom is 0.335 e. The summed E-state index contributed by atoms with van der Waals surface area (Å²) in [6.07, 6.45) is -0.190. The molecule has 0 radical (unpaired) electrons. The number of amides is 1. The van der Waals surface area contributed by atoms with E-state index in [4.69, 9.17) is 14.2 Å². The van der Waals surface area contributed by atoms with E-state index in [2.05, 4.69) is 30.9 Å². The van der Waals surface area contributed by atoms with Gasteiger partial charge in [0, 0.05) is 11.4 Å². The van der Waals surface area contributed by atoms with Gasteiger partial charge in [-0.05, 0) is 44.2 Å². The van der Waals surface area contributed by atoms with Crippen LogP contribution in [0.2, 0.25) is 0 Å². The molecular weight excluding hydrogens is 518 g/mol. The van der Waals surface area contributed by atoms with Crippen molar-refractivity contribution in [3.05, 3.63) is 72.8 Å². The lowest BCUT2D eigenvalue weighted by molar-refractivity contribution is -0.196. The molecule has 1 amide bonds. The van der Waals surface area contributed by atoms with Crippen molar-refractivity contribution in [3.8, 4) is 0 Å². The number of nitrogens with zero attached hydrogens (tertiary/aromatic N) is 4. The van der Waals surface area contributed by atoms with Gasteiger partial charge in [0.25, 0.3) is 5.91 Å².